The van der Waals surface area contributed by atoms with E-state index in [1.54, 1.807) is 4.90 Å². The molecule has 0 aliphatic carbocycles. The van der Waals surface area contributed by atoms with Gasteiger partial charge in [0.25, 0.3) is 5.91 Å². The Balaban J connectivity index is 1.74. The number of piperidine rings is 1. The molecule has 2 rings (SSSR count). The van der Waals surface area contributed by atoms with Crippen molar-refractivity contribution in [2.75, 3.05) is 33.4 Å². The van der Waals surface area contributed by atoms with Gasteiger partial charge in [0.05, 0.1) is 13.0 Å². The van der Waals surface area contributed by atoms with Crippen LogP contribution in [0.1, 0.15) is 29.5 Å². The number of aryl methyl sites for hydroxylation is 3. The summed E-state index contributed by atoms with van der Waals surface area (Å²) >= 11 is 0. The molecule has 7 nitrogen and oxygen atoms in total. The fourth-order valence-electron chi connectivity index (χ4n) is 3.33. The molecule has 0 radical (unpaired) electrons. The van der Waals surface area contributed by atoms with Crippen molar-refractivity contribution >= 4 is 17.8 Å². The smallest absolute Gasteiger partial charge is 0.344 e. The summed E-state index contributed by atoms with van der Waals surface area (Å²) < 4.78 is 15.3. The van der Waals surface area contributed by atoms with Crippen molar-refractivity contribution in [3.63, 3.8) is 0 Å². The third-order valence-corrected chi connectivity index (χ3v) is 4.68. The van der Waals surface area contributed by atoms with E-state index in [-0.39, 0.29) is 31.0 Å². The van der Waals surface area contributed by atoms with Crippen molar-refractivity contribution in [3.05, 3.63) is 28.8 Å². The number of benzene rings is 1. The minimum absolute atomic E-state index is 0.170. The lowest BCUT2D eigenvalue weighted by Gasteiger charge is -2.30. The van der Waals surface area contributed by atoms with Crippen LogP contribution in [0.25, 0.3) is 0 Å². The molecule has 1 fully saturated rings. The Morgan fingerprint density at radius 2 is 1.63 bits per heavy atom. The molecule has 1 aliphatic rings. The molecular weight excluding hydrogens is 350 g/mol. The van der Waals surface area contributed by atoms with Crippen LogP contribution in [0.2, 0.25) is 0 Å². The number of hydrogen-bond acceptors (Lipinski definition) is 6. The number of likely N-dealkylation sites (tertiary alicyclic amines) is 1. The molecule has 1 aromatic carbocycles. The molecule has 1 amide bonds. The molecule has 0 aromatic heterocycles. The minimum Gasteiger partial charge on any atom is -0.481 e. The topological polar surface area (TPSA) is 82.1 Å². The highest BCUT2D eigenvalue weighted by Gasteiger charge is 2.28. The Morgan fingerprint density at radius 3 is 2.19 bits per heavy atom. The minimum atomic E-state index is -0.591. The van der Waals surface area contributed by atoms with E-state index in [0.29, 0.717) is 31.7 Å². The van der Waals surface area contributed by atoms with E-state index in [4.69, 9.17) is 14.2 Å². The normalized spacial score (nSPS) is 14.6. The van der Waals surface area contributed by atoms with Crippen LogP contribution in [0.5, 0.6) is 5.75 Å². The van der Waals surface area contributed by atoms with Crippen molar-refractivity contribution in [1.82, 2.24) is 4.90 Å². The maximum atomic E-state index is 12.2. The van der Waals surface area contributed by atoms with Crippen LogP contribution in [0.15, 0.2) is 12.1 Å². The molecule has 1 saturated heterocycles. The second kappa shape index (κ2) is 9.39. The average Bonchev–Trinajstić information content (AvgIpc) is 2.64. The summed E-state index contributed by atoms with van der Waals surface area (Å²) in [4.78, 5) is 37.2. The number of carbonyl (C=O) groups excluding carboxylic acids is 3. The van der Waals surface area contributed by atoms with E-state index in [0.717, 1.165) is 16.7 Å². The Hall–Kier alpha value is -2.57. The molecule has 1 aromatic rings. The monoisotopic (exact) mass is 377 g/mol. The van der Waals surface area contributed by atoms with Gasteiger partial charge in [-0.3, -0.25) is 9.59 Å². The lowest BCUT2D eigenvalue weighted by Crippen LogP contribution is -2.42. The van der Waals surface area contributed by atoms with E-state index in [1.165, 1.54) is 7.11 Å². The fourth-order valence-corrected chi connectivity index (χ4v) is 3.33. The number of amides is 1. The standard InChI is InChI=1S/C20H27NO6/c1-13-9-14(2)19(15(3)10-13)27-12-18(23)26-11-17(22)21-7-5-16(6-8-21)20(24)25-4/h9-10,16H,5-8,11-12H2,1-4H3. The first-order valence-corrected chi connectivity index (χ1v) is 9.03. The maximum absolute atomic E-state index is 12.2. The van der Waals surface area contributed by atoms with Gasteiger partial charge in [0, 0.05) is 13.1 Å². The van der Waals surface area contributed by atoms with Crippen LogP contribution in [-0.2, 0) is 23.9 Å². The summed E-state index contributed by atoms with van der Waals surface area (Å²) in [6.07, 6.45) is 1.11. The first-order chi connectivity index (χ1) is 12.8. The molecule has 0 N–H and O–H groups in total. The van der Waals surface area contributed by atoms with Gasteiger partial charge >= 0.3 is 11.9 Å². The van der Waals surface area contributed by atoms with Gasteiger partial charge in [-0.1, -0.05) is 17.7 Å². The van der Waals surface area contributed by atoms with E-state index >= 15 is 0 Å². The molecule has 0 spiro atoms. The molecule has 1 aliphatic heterocycles. The zero-order chi connectivity index (χ0) is 20.0. The zero-order valence-corrected chi connectivity index (χ0v) is 16.4. The van der Waals surface area contributed by atoms with Gasteiger partial charge in [-0.05, 0) is 44.7 Å². The molecule has 0 bridgehead atoms. The molecule has 7 heteroatoms. The predicted molar refractivity (Wildman–Crippen MR) is 98.4 cm³/mol. The van der Waals surface area contributed by atoms with Gasteiger partial charge in [-0.2, -0.15) is 0 Å². The van der Waals surface area contributed by atoms with Crippen LogP contribution in [0, 0.1) is 26.7 Å². The van der Waals surface area contributed by atoms with E-state index in [1.807, 2.05) is 32.9 Å². The second-order valence-electron chi connectivity index (χ2n) is 6.86. The Kier molecular flexibility index (Phi) is 7.21. The Morgan fingerprint density at radius 1 is 1.04 bits per heavy atom. The number of carbonyl (C=O) groups is 3. The first-order valence-electron chi connectivity index (χ1n) is 9.03. The fraction of sp³-hybridized carbons (Fsp3) is 0.550. The summed E-state index contributed by atoms with van der Waals surface area (Å²) in [7, 11) is 1.36. The van der Waals surface area contributed by atoms with Gasteiger partial charge < -0.3 is 19.1 Å². The third-order valence-electron chi connectivity index (χ3n) is 4.68. The molecule has 148 valence electrons. The highest BCUT2D eigenvalue weighted by Crippen LogP contribution is 2.24. The van der Waals surface area contributed by atoms with Crippen molar-refractivity contribution in [1.29, 1.82) is 0 Å². The van der Waals surface area contributed by atoms with E-state index in [9.17, 15) is 14.4 Å². The molecule has 0 saturated carbocycles. The summed E-state index contributed by atoms with van der Waals surface area (Å²) in [5, 5.41) is 0. The third kappa shape index (κ3) is 5.70. The quantitative estimate of drug-likeness (QED) is 0.705. The Bertz CT molecular complexity index is 683. The van der Waals surface area contributed by atoms with Crippen molar-refractivity contribution in [2.24, 2.45) is 5.92 Å². The van der Waals surface area contributed by atoms with Crippen LogP contribution < -0.4 is 4.74 Å². The lowest BCUT2D eigenvalue weighted by molar-refractivity contribution is -0.155. The lowest BCUT2D eigenvalue weighted by atomic mass is 9.97. The summed E-state index contributed by atoms with van der Waals surface area (Å²) in [5.74, 6) is -0.612. The summed E-state index contributed by atoms with van der Waals surface area (Å²) in [6.45, 7) is 6.17. The molecular formula is C20H27NO6. The molecule has 27 heavy (non-hydrogen) atoms. The van der Waals surface area contributed by atoms with Crippen LogP contribution >= 0.6 is 0 Å². The number of ether oxygens (including phenoxy) is 3. The SMILES string of the molecule is COC(=O)C1CCN(C(=O)COC(=O)COc2c(C)cc(C)cc2C)CC1. The summed E-state index contributed by atoms with van der Waals surface area (Å²) in [5.41, 5.74) is 3.02. The van der Waals surface area contributed by atoms with Gasteiger partial charge in [0.2, 0.25) is 0 Å². The van der Waals surface area contributed by atoms with Gasteiger partial charge in [0.1, 0.15) is 5.75 Å². The zero-order valence-electron chi connectivity index (χ0n) is 16.4. The summed E-state index contributed by atoms with van der Waals surface area (Å²) in [6, 6.07) is 3.96. The number of rotatable bonds is 6. The van der Waals surface area contributed by atoms with Crippen LogP contribution in [-0.4, -0.2) is 56.2 Å². The molecule has 0 unspecified atom stereocenters. The van der Waals surface area contributed by atoms with Gasteiger partial charge in [0.15, 0.2) is 13.2 Å². The molecule has 1 heterocycles. The average molecular weight is 377 g/mol. The second-order valence-corrected chi connectivity index (χ2v) is 6.86. The number of esters is 2. The first kappa shape index (κ1) is 20.7. The van der Waals surface area contributed by atoms with Crippen molar-refractivity contribution in [3.8, 4) is 5.75 Å². The van der Waals surface area contributed by atoms with E-state index < -0.39 is 5.97 Å². The van der Waals surface area contributed by atoms with Crippen LogP contribution in [0.3, 0.4) is 0 Å². The number of hydrogen-bond donors (Lipinski definition) is 0. The van der Waals surface area contributed by atoms with Crippen molar-refractivity contribution < 1.29 is 28.6 Å². The number of methoxy groups -OCH3 is 1. The Labute approximate surface area is 159 Å². The highest BCUT2D eigenvalue weighted by molar-refractivity contribution is 5.81. The number of nitrogens with zero attached hydrogens (tertiary/aromatic N) is 1. The van der Waals surface area contributed by atoms with E-state index in [2.05, 4.69) is 0 Å². The highest BCUT2D eigenvalue weighted by atomic mass is 16.6. The maximum Gasteiger partial charge on any atom is 0.344 e. The predicted octanol–water partition coefficient (Wildman–Crippen LogP) is 1.95. The van der Waals surface area contributed by atoms with Gasteiger partial charge in [-0.15, -0.1) is 0 Å². The van der Waals surface area contributed by atoms with Crippen molar-refractivity contribution in [2.45, 2.75) is 33.6 Å². The van der Waals surface area contributed by atoms with Crippen LogP contribution in [0.4, 0.5) is 0 Å². The van der Waals surface area contributed by atoms with Gasteiger partial charge in [-0.25, -0.2) is 4.79 Å². The molecule has 0 atom stereocenters. The largest absolute Gasteiger partial charge is 0.481 e.